The summed E-state index contributed by atoms with van der Waals surface area (Å²) in [6.45, 7) is 5.37. The minimum absolute atomic E-state index is 0.205. The van der Waals surface area contributed by atoms with E-state index in [4.69, 9.17) is 14.2 Å². The highest BCUT2D eigenvalue weighted by atomic mass is 16.6. The second-order valence-corrected chi connectivity index (χ2v) is 5.75. The molecule has 0 aromatic carbocycles. The van der Waals surface area contributed by atoms with Crippen molar-refractivity contribution >= 4 is 0 Å². The van der Waals surface area contributed by atoms with E-state index in [1.54, 1.807) is 7.11 Å². The maximum absolute atomic E-state index is 6.08. The van der Waals surface area contributed by atoms with Crippen molar-refractivity contribution in [1.82, 2.24) is 5.32 Å². The number of nitrogens with one attached hydrogen (secondary N) is 1. The molecule has 2 aliphatic rings. The van der Waals surface area contributed by atoms with Crippen molar-refractivity contribution in [3.63, 3.8) is 0 Å². The van der Waals surface area contributed by atoms with E-state index in [1.165, 1.54) is 25.7 Å². The van der Waals surface area contributed by atoms with E-state index < -0.39 is 0 Å². The van der Waals surface area contributed by atoms with Crippen molar-refractivity contribution in [3.8, 4) is 0 Å². The molecule has 2 aliphatic carbocycles. The predicted molar refractivity (Wildman–Crippen MR) is 75.4 cm³/mol. The summed E-state index contributed by atoms with van der Waals surface area (Å²) in [6.07, 6.45) is 7.02. The fourth-order valence-corrected chi connectivity index (χ4v) is 3.13. The van der Waals surface area contributed by atoms with E-state index in [2.05, 4.69) is 12.2 Å². The van der Waals surface area contributed by atoms with Gasteiger partial charge in [-0.1, -0.05) is 19.8 Å². The molecule has 0 aliphatic heterocycles. The molecule has 19 heavy (non-hydrogen) atoms. The lowest BCUT2D eigenvalue weighted by Crippen LogP contribution is -2.60. The van der Waals surface area contributed by atoms with E-state index in [9.17, 15) is 0 Å². The highest BCUT2D eigenvalue weighted by molar-refractivity contribution is 4.97. The third-order valence-electron chi connectivity index (χ3n) is 4.33. The Hall–Kier alpha value is -0.160. The average molecular weight is 271 g/mol. The van der Waals surface area contributed by atoms with Crippen LogP contribution in [-0.2, 0) is 14.2 Å². The zero-order valence-corrected chi connectivity index (χ0v) is 12.4. The topological polar surface area (TPSA) is 39.7 Å². The molecule has 2 saturated carbocycles. The van der Waals surface area contributed by atoms with Crippen molar-refractivity contribution in [2.24, 2.45) is 5.92 Å². The molecule has 3 atom stereocenters. The number of likely N-dealkylation sites (N-methyl/N-ethyl adjacent to an activating group) is 1. The van der Waals surface area contributed by atoms with E-state index in [1.807, 2.05) is 0 Å². The number of ether oxygens (including phenoxy) is 3. The van der Waals surface area contributed by atoms with E-state index >= 15 is 0 Å². The van der Waals surface area contributed by atoms with Gasteiger partial charge in [0.15, 0.2) is 0 Å². The van der Waals surface area contributed by atoms with Gasteiger partial charge >= 0.3 is 0 Å². The summed E-state index contributed by atoms with van der Waals surface area (Å²) in [4.78, 5) is 0. The first-order valence-corrected chi connectivity index (χ1v) is 7.80. The van der Waals surface area contributed by atoms with Crippen LogP contribution in [0.2, 0.25) is 0 Å². The lowest BCUT2D eigenvalue weighted by Gasteiger charge is -2.44. The molecule has 4 heteroatoms. The molecule has 112 valence electrons. The van der Waals surface area contributed by atoms with Crippen molar-refractivity contribution in [2.45, 2.75) is 57.3 Å². The third kappa shape index (κ3) is 4.42. The first-order chi connectivity index (χ1) is 9.35. The van der Waals surface area contributed by atoms with Crippen molar-refractivity contribution < 1.29 is 14.2 Å². The maximum atomic E-state index is 6.08. The summed E-state index contributed by atoms with van der Waals surface area (Å²) in [5, 5.41) is 3.47. The summed E-state index contributed by atoms with van der Waals surface area (Å²) in [5.41, 5.74) is 0. The van der Waals surface area contributed by atoms with Crippen molar-refractivity contribution in [3.05, 3.63) is 0 Å². The molecule has 1 N–H and O–H groups in total. The lowest BCUT2D eigenvalue weighted by molar-refractivity contribution is -0.156. The van der Waals surface area contributed by atoms with Crippen LogP contribution < -0.4 is 5.32 Å². The van der Waals surface area contributed by atoms with Gasteiger partial charge < -0.3 is 19.5 Å². The molecule has 2 fully saturated rings. The SMILES string of the molecule is CCNC1CC(OCC2CCCC2)C1OCCOC. The quantitative estimate of drug-likeness (QED) is 0.651. The van der Waals surface area contributed by atoms with Crippen LogP contribution in [0.3, 0.4) is 0 Å². The van der Waals surface area contributed by atoms with Crippen LogP contribution in [0, 0.1) is 5.92 Å². The number of hydrogen-bond acceptors (Lipinski definition) is 4. The number of hydrogen-bond donors (Lipinski definition) is 1. The fraction of sp³-hybridized carbons (Fsp3) is 1.00. The molecule has 0 saturated heterocycles. The van der Waals surface area contributed by atoms with Crippen LogP contribution in [0.4, 0.5) is 0 Å². The molecule has 2 rings (SSSR count). The van der Waals surface area contributed by atoms with Crippen LogP contribution in [0.25, 0.3) is 0 Å². The van der Waals surface area contributed by atoms with Crippen molar-refractivity contribution in [1.29, 1.82) is 0 Å². The fourth-order valence-electron chi connectivity index (χ4n) is 3.13. The lowest BCUT2D eigenvalue weighted by atomic mass is 9.85. The number of rotatable bonds is 9. The molecule has 0 bridgehead atoms. The third-order valence-corrected chi connectivity index (χ3v) is 4.33. The van der Waals surface area contributed by atoms with Crippen LogP contribution >= 0.6 is 0 Å². The molecule has 0 aromatic heterocycles. The zero-order valence-electron chi connectivity index (χ0n) is 12.4. The highest BCUT2D eigenvalue weighted by Gasteiger charge is 2.42. The van der Waals surface area contributed by atoms with Gasteiger partial charge in [0.25, 0.3) is 0 Å². The first-order valence-electron chi connectivity index (χ1n) is 7.80. The van der Waals surface area contributed by atoms with Gasteiger partial charge in [0.2, 0.25) is 0 Å². The molecule has 0 aromatic rings. The summed E-state index contributed by atoms with van der Waals surface area (Å²) < 4.78 is 17.0. The monoisotopic (exact) mass is 271 g/mol. The Morgan fingerprint density at radius 2 is 1.89 bits per heavy atom. The Morgan fingerprint density at radius 3 is 2.58 bits per heavy atom. The van der Waals surface area contributed by atoms with Gasteiger partial charge in [-0.3, -0.25) is 0 Å². The highest BCUT2D eigenvalue weighted by Crippen LogP contribution is 2.30. The smallest absolute Gasteiger partial charge is 0.0991 e. The predicted octanol–water partition coefficient (Wildman–Crippen LogP) is 1.98. The van der Waals surface area contributed by atoms with Crippen LogP contribution in [0.5, 0.6) is 0 Å². The molecule has 0 spiro atoms. The van der Waals surface area contributed by atoms with Gasteiger partial charge in [-0.25, -0.2) is 0 Å². The van der Waals surface area contributed by atoms with Gasteiger partial charge in [-0.05, 0) is 31.7 Å². The van der Waals surface area contributed by atoms with Crippen molar-refractivity contribution in [2.75, 3.05) is 33.5 Å². The Kier molecular flexibility index (Phi) is 6.57. The molecule has 3 unspecified atom stereocenters. The molecule has 0 radical (unpaired) electrons. The van der Waals surface area contributed by atoms with E-state index in [0.717, 1.165) is 25.5 Å². The zero-order chi connectivity index (χ0) is 13.5. The molecule has 4 nitrogen and oxygen atoms in total. The Balaban J connectivity index is 1.68. The Bertz CT molecular complexity index is 244. The first kappa shape index (κ1) is 15.2. The Morgan fingerprint density at radius 1 is 1.11 bits per heavy atom. The number of methoxy groups -OCH3 is 1. The summed E-state index contributed by atoms with van der Waals surface area (Å²) >= 11 is 0. The standard InChI is InChI=1S/C15H29NO3/c1-3-16-13-10-14(15(13)18-9-8-17-2)19-11-12-6-4-5-7-12/h12-16H,3-11H2,1-2H3. The maximum Gasteiger partial charge on any atom is 0.0991 e. The second-order valence-electron chi connectivity index (χ2n) is 5.75. The summed E-state index contributed by atoms with van der Waals surface area (Å²) in [6, 6.07) is 0.454. The van der Waals surface area contributed by atoms with E-state index in [-0.39, 0.29) is 12.2 Å². The second kappa shape index (κ2) is 8.20. The van der Waals surface area contributed by atoms with Gasteiger partial charge in [-0.15, -0.1) is 0 Å². The van der Waals surface area contributed by atoms with E-state index in [0.29, 0.717) is 19.3 Å². The summed E-state index contributed by atoms with van der Waals surface area (Å²) in [5.74, 6) is 0.790. The van der Waals surface area contributed by atoms with Gasteiger partial charge in [0.1, 0.15) is 0 Å². The van der Waals surface area contributed by atoms with Gasteiger partial charge in [0, 0.05) is 19.8 Å². The van der Waals surface area contributed by atoms with Crippen LogP contribution in [-0.4, -0.2) is 51.7 Å². The Labute approximate surface area is 117 Å². The molecular formula is C15H29NO3. The van der Waals surface area contributed by atoms with Gasteiger partial charge in [-0.2, -0.15) is 0 Å². The van der Waals surface area contributed by atoms with Gasteiger partial charge in [0.05, 0.1) is 25.4 Å². The molecular weight excluding hydrogens is 242 g/mol. The minimum Gasteiger partial charge on any atom is -0.382 e. The molecule has 0 amide bonds. The molecule has 0 heterocycles. The van der Waals surface area contributed by atoms with Crippen LogP contribution in [0.1, 0.15) is 39.0 Å². The normalized spacial score (nSPS) is 31.6. The average Bonchev–Trinajstić information content (AvgIpc) is 2.91. The largest absolute Gasteiger partial charge is 0.382 e. The summed E-state index contributed by atoms with van der Waals surface area (Å²) in [7, 11) is 1.71. The minimum atomic E-state index is 0.205. The van der Waals surface area contributed by atoms with Crippen LogP contribution in [0.15, 0.2) is 0 Å².